The number of fused-ring (bicyclic) bond motifs is 1. The molecule has 3 aromatic rings. The number of carbonyl (C=O) groups is 1. The Labute approximate surface area is 202 Å². The molecule has 0 aliphatic carbocycles. The summed E-state index contributed by atoms with van der Waals surface area (Å²) in [6.45, 7) is 3.88. The number of aromatic nitrogens is 1. The molecule has 2 aromatic carbocycles. The number of rotatable bonds is 7. The Morgan fingerprint density at radius 2 is 1.85 bits per heavy atom. The molecule has 1 amide bonds. The summed E-state index contributed by atoms with van der Waals surface area (Å²) in [5.74, 6) is 1.51. The molecular weight excluding hydrogens is 422 g/mol. The molecule has 5 rings (SSSR count). The molecule has 1 saturated heterocycles. The van der Waals surface area contributed by atoms with Gasteiger partial charge in [0, 0.05) is 32.3 Å². The van der Waals surface area contributed by atoms with Crippen LogP contribution in [-0.2, 0) is 19.4 Å². The first-order chi connectivity index (χ1) is 16.7. The Balaban J connectivity index is 1.26. The van der Waals surface area contributed by atoms with Gasteiger partial charge in [-0.25, -0.2) is 0 Å². The number of pyridine rings is 1. The number of nitrogens with zero attached hydrogens (tertiary/aromatic N) is 3. The van der Waals surface area contributed by atoms with E-state index in [1.807, 2.05) is 36.2 Å². The van der Waals surface area contributed by atoms with Gasteiger partial charge in [-0.3, -0.25) is 14.7 Å². The van der Waals surface area contributed by atoms with Gasteiger partial charge in [0.15, 0.2) is 0 Å². The van der Waals surface area contributed by atoms with Gasteiger partial charge in [-0.2, -0.15) is 0 Å². The van der Waals surface area contributed by atoms with Gasteiger partial charge in [0.2, 0.25) is 0 Å². The van der Waals surface area contributed by atoms with E-state index < -0.39 is 0 Å². The topological polar surface area (TPSA) is 45.7 Å². The molecule has 0 saturated carbocycles. The van der Waals surface area contributed by atoms with Crippen LogP contribution in [-0.4, -0.2) is 53.5 Å². The lowest BCUT2D eigenvalue weighted by molar-refractivity contribution is 0.0579. The monoisotopic (exact) mass is 455 g/mol. The van der Waals surface area contributed by atoms with Crippen molar-refractivity contribution in [2.24, 2.45) is 5.92 Å². The molecule has 0 N–H and O–H groups in total. The van der Waals surface area contributed by atoms with Crippen molar-refractivity contribution in [3.05, 3.63) is 95.3 Å². The molecule has 0 spiro atoms. The number of hydrogen-bond acceptors (Lipinski definition) is 4. The van der Waals surface area contributed by atoms with Gasteiger partial charge in [0.05, 0.1) is 6.61 Å². The van der Waals surface area contributed by atoms with Gasteiger partial charge in [-0.05, 0) is 73.2 Å². The fourth-order valence-corrected chi connectivity index (χ4v) is 5.39. The summed E-state index contributed by atoms with van der Waals surface area (Å²) >= 11 is 0. The van der Waals surface area contributed by atoms with Crippen LogP contribution in [0.4, 0.5) is 0 Å². The van der Waals surface area contributed by atoms with Crippen LogP contribution in [0.2, 0.25) is 0 Å². The van der Waals surface area contributed by atoms with Gasteiger partial charge in [0.1, 0.15) is 11.4 Å². The van der Waals surface area contributed by atoms with Crippen molar-refractivity contribution in [3.8, 4) is 5.75 Å². The molecule has 1 atom stereocenters. The Hall–Kier alpha value is -3.18. The highest BCUT2D eigenvalue weighted by Gasteiger charge is 2.32. The molecule has 2 aliphatic rings. The fourth-order valence-electron chi connectivity index (χ4n) is 5.39. The molecule has 176 valence electrons. The first kappa shape index (κ1) is 22.6. The second-order valence-corrected chi connectivity index (χ2v) is 9.54. The zero-order chi connectivity index (χ0) is 23.3. The largest absolute Gasteiger partial charge is 0.493 e. The average molecular weight is 456 g/mol. The van der Waals surface area contributed by atoms with Crippen molar-refractivity contribution in [3.63, 3.8) is 0 Å². The van der Waals surface area contributed by atoms with E-state index >= 15 is 0 Å². The molecule has 0 bridgehead atoms. The summed E-state index contributed by atoms with van der Waals surface area (Å²) < 4.78 is 5.66. The Morgan fingerprint density at radius 1 is 1.06 bits per heavy atom. The normalized spacial score (nSPS) is 17.1. The van der Waals surface area contributed by atoms with Gasteiger partial charge in [-0.15, -0.1) is 0 Å². The maximum absolute atomic E-state index is 13.3. The molecule has 1 fully saturated rings. The first-order valence-electron chi connectivity index (χ1n) is 12.4. The second kappa shape index (κ2) is 10.4. The standard InChI is InChI=1S/C29H33N3O2/c1-31(29(33)26-9-5-6-15-30-26)27(20-22-7-3-2-4-8-22)24-12-16-32(17-13-24)21-23-10-11-28-25(19-23)14-18-34-28/h2-11,15,19,24,27H,12-14,16-18,20-21H2,1H3/t27-/m0/s1. The van der Waals surface area contributed by atoms with Gasteiger partial charge >= 0.3 is 0 Å². The number of benzene rings is 2. The van der Waals surface area contributed by atoms with Gasteiger partial charge in [-0.1, -0.05) is 48.5 Å². The summed E-state index contributed by atoms with van der Waals surface area (Å²) in [6.07, 6.45) is 5.75. The summed E-state index contributed by atoms with van der Waals surface area (Å²) in [7, 11) is 1.95. The molecule has 5 nitrogen and oxygen atoms in total. The molecule has 0 radical (unpaired) electrons. The van der Waals surface area contributed by atoms with Crippen LogP contribution >= 0.6 is 0 Å². The highest BCUT2D eigenvalue weighted by atomic mass is 16.5. The number of hydrogen-bond donors (Lipinski definition) is 0. The maximum Gasteiger partial charge on any atom is 0.272 e. The third kappa shape index (κ3) is 5.15. The SMILES string of the molecule is CN(C(=O)c1ccccn1)[C@@H](Cc1ccccc1)C1CCN(Cc2ccc3c(c2)CCO3)CC1. The second-order valence-electron chi connectivity index (χ2n) is 9.54. The smallest absolute Gasteiger partial charge is 0.272 e. The molecule has 2 aliphatic heterocycles. The van der Waals surface area contributed by atoms with E-state index in [2.05, 4.69) is 52.3 Å². The molecule has 34 heavy (non-hydrogen) atoms. The van der Waals surface area contributed by atoms with Crippen LogP contribution in [0, 0.1) is 5.92 Å². The predicted molar refractivity (Wildman–Crippen MR) is 134 cm³/mol. The molecule has 5 heteroatoms. The molecule has 3 heterocycles. The van der Waals surface area contributed by atoms with Crippen LogP contribution in [0.1, 0.15) is 40.0 Å². The summed E-state index contributed by atoms with van der Waals surface area (Å²) in [5.41, 5.74) is 4.49. The molecule has 0 unspecified atom stereocenters. The van der Waals surface area contributed by atoms with Crippen LogP contribution in [0.15, 0.2) is 72.9 Å². The third-order valence-electron chi connectivity index (χ3n) is 7.33. The van der Waals surface area contributed by atoms with Crippen molar-refractivity contribution < 1.29 is 9.53 Å². The molecule has 1 aromatic heterocycles. The van der Waals surface area contributed by atoms with E-state index in [9.17, 15) is 4.79 Å². The van der Waals surface area contributed by atoms with Gasteiger partial charge in [0.25, 0.3) is 5.91 Å². The van der Waals surface area contributed by atoms with Crippen LogP contribution in [0.5, 0.6) is 5.75 Å². The number of carbonyl (C=O) groups excluding carboxylic acids is 1. The highest BCUT2D eigenvalue weighted by molar-refractivity contribution is 5.92. The zero-order valence-corrected chi connectivity index (χ0v) is 19.9. The van der Waals surface area contributed by atoms with E-state index in [-0.39, 0.29) is 11.9 Å². The lowest BCUT2D eigenvalue weighted by Gasteiger charge is -2.40. The van der Waals surface area contributed by atoms with Crippen molar-refractivity contribution in [1.29, 1.82) is 0 Å². The first-order valence-corrected chi connectivity index (χ1v) is 12.4. The van der Waals surface area contributed by atoms with E-state index in [1.165, 1.54) is 16.7 Å². The Kier molecular flexibility index (Phi) is 6.91. The van der Waals surface area contributed by atoms with Crippen molar-refractivity contribution in [2.45, 2.75) is 38.3 Å². The third-order valence-corrected chi connectivity index (χ3v) is 7.33. The minimum Gasteiger partial charge on any atom is -0.493 e. The van der Waals surface area contributed by atoms with Crippen molar-refractivity contribution in [2.75, 3.05) is 26.7 Å². The minimum absolute atomic E-state index is 0.00400. The Morgan fingerprint density at radius 3 is 2.62 bits per heavy atom. The van der Waals surface area contributed by atoms with E-state index in [0.29, 0.717) is 11.6 Å². The summed E-state index contributed by atoms with van der Waals surface area (Å²) in [6, 6.07) is 22.9. The van der Waals surface area contributed by atoms with E-state index in [4.69, 9.17) is 4.74 Å². The lowest BCUT2D eigenvalue weighted by atomic mass is 9.84. The molecular formula is C29H33N3O2. The number of likely N-dealkylation sites (tertiary alicyclic amines) is 1. The summed E-state index contributed by atoms with van der Waals surface area (Å²) in [5, 5.41) is 0. The number of amides is 1. The van der Waals surface area contributed by atoms with E-state index in [0.717, 1.165) is 57.7 Å². The highest BCUT2D eigenvalue weighted by Crippen LogP contribution is 2.30. The minimum atomic E-state index is 0.00400. The summed E-state index contributed by atoms with van der Waals surface area (Å²) in [4.78, 5) is 22.1. The number of piperidine rings is 1. The number of likely N-dealkylation sites (N-methyl/N-ethyl adjacent to an activating group) is 1. The zero-order valence-electron chi connectivity index (χ0n) is 19.9. The van der Waals surface area contributed by atoms with Crippen molar-refractivity contribution in [1.82, 2.24) is 14.8 Å². The maximum atomic E-state index is 13.3. The van der Waals surface area contributed by atoms with Gasteiger partial charge < -0.3 is 9.64 Å². The van der Waals surface area contributed by atoms with Crippen LogP contribution in [0.3, 0.4) is 0 Å². The van der Waals surface area contributed by atoms with Crippen LogP contribution in [0.25, 0.3) is 0 Å². The van der Waals surface area contributed by atoms with Crippen molar-refractivity contribution >= 4 is 5.91 Å². The predicted octanol–water partition coefficient (Wildman–Crippen LogP) is 4.61. The fraction of sp³-hybridized carbons (Fsp3) is 0.379. The lowest BCUT2D eigenvalue weighted by Crippen LogP contribution is -2.47. The number of ether oxygens (including phenoxy) is 1. The average Bonchev–Trinajstić information content (AvgIpc) is 3.36. The van der Waals surface area contributed by atoms with Crippen LogP contribution < -0.4 is 4.74 Å². The quantitative estimate of drug-likeness (QED) is 0.522. The Bertz CT molecular complexity index is 1090. The van der Waals surface area contributed by atoms with E-state index in [1.54, 1.807) is 6.20 Å².